The number of H-pyrrole nitrogens is 1. The summed E-state index contributed by atoms with van der Waals surface area (Å²) in [5.41, 5.74) is 1.37. The number of hydrogen-bond donors (Lipinski definition) is 1. The van der Waals surface area contributed by atoms with Gasteiger partial charge in [0.25, 0.3) is 0 Å². The lowest BCUT2D eigenvalue weighted by molar-refractivity contribution is 0.103. The molecule has 1 N–H and O–H groups in total. The number of ketones is 1. The lowest BCUT2D eigenvalue weighted by Gasteiger charge is -2.13. The van der Waals surface area contributed by atoms with E-state index in [9.17, 15) is 4.79 Å². The molecule has 5 rings (SSSR count). The second-order valence-electron chi connectivity index (χ2n) is 5.88. The smallest absolute Gasteiger partial charge is 0.209 e. The fraction of sp³-hybridized carbons (Fsp3) is 0. The summed E-state index contributed by atoms with van der Waals surface area (Å²) < 4.78 is 0. The van der Waals surface area contributed by atoms with Crippen LogP contribution < -0.4 is 0 Å². The molecule has 0 saturated heterocycles. The van der Waals surface area contributed by atoms with Gasteiger partial charge >= 0.3 is 0 Å². The van der Waals surface area contributed by atoms with E-state index in [2.05, 4.69) is 47.4 Å². The van der Waals surface area contributed by atoms with Gasteiger partial charge in [0.15, 0.2) is 0 Å². The summed E-state index contributed by atoms with van der Waals surface area (Å²) >= 11 is 0. The van der Waals surface area contributed by atoms with E-state index in [-0.39, 0.29) is 5.78 Å². The molecular weight excluding hydrogens is 282 g/mol. The standard InChI is InChI=1S/C21H13NO/c23-21(18-5-2-12-22-18)17-11-9-15-7-6-13-3-1-4-14-8-10-16(17)20(15)19(13)14/h1-12,22H. The monoisotopic (exact) mass is 295 g/mol. The van der Waals surface area contributed by atoms with Crippen molar-refractivity contribution in [3.05, 3.63) is 84.2 Å². The summed E-state index contributed by atoms with van der Waals surface area (Å²) in [4.78, 5) is 15.8. The SMILES string of the molecule is O=C(c1ccc[nH]1)c1ccc2ccc3cccc4ccc1c2c34. The number of benzene rings is 4. The van der Waals surface area contributed by atoms with Crippen LogP contribution in [0.1, 0.15) is 16.1 Å². The normalized spacial score (nSPS) is 11.7. The fourth-order valence-electron chi connectivity index (χ4n) is 3.55. The number of aromatic amines is 1. The Morgan fingerprint density at radius 3 is 2.13 bits per heavy atom. The maximum Gasteiger partial charge on any atom is 0.209 e. The van der Waals surface area contributed by atoms with Crippen LogP contribution in [0.3, 0.4) is 0 Å². The molecule has 0 spiro atoms. The predicted molar refractivity (Wildman–Crippen MR) is 94.4 cm³/mol. The van der Waals surface area contributed by atoms with E-state index >= 15 is 0 Å². The number of aromatic nitrogens is 1. The first kappa shape index (κ1) is 12.4. The maximum atomic E-state index is 12.8. The van der Waals surface area contributed by atoms with Crippen LogP contribution in [0.5, 0.6) is 0 Å². The Balaban J connectivity index is 1.93. The first-order valence-corrected chi connectivity index (χ1v) is 7.67. The number of carbonyl (C=O) groups excluding carboxylic acids is 1. The lowest BCUT2D eigenvalue weighted by Crippen LogP contribution is -2.03. The van der Waals surface area contributed by atoms with Crippen molar-refractivity contribution < 1.29 is 4.79 Å². The second kappa shape index (κ2) is 4.43. The average molecular weight is 295 g/mol. The summed E-state index contributed by atoms with van der Waals surface area (Å²) in [5.74, 6) is 0.0351. The highest BCUT2D eigenvalue weighted by molar-refractivity contribution is 6.27. The van der Waals surface area contributed by atoms with Gasteiger partial charge in [-0.2, -0.15) is 0 Å². The topological polar surface area (TPSA) is 32.9 Å². The number of hydrogen-bond acceptors (Lipinski definition) is 1. The molecule has 5 aromatic rings. The Morgan fingerprint density at radius 1 is 0.696 bits per heavy atom. The van der Waals surface area contributed by atoms with E-state index in [0.29, 0.717) is 5.69 Å². The number of carbonyl (C=O) groups is 1. The van der Waals surface area contributed by atoms with Gasteiger partial charge in [-0.05, 0) is 50.5 Å². The third kappa shape index (κ3) is 1.66. The first-order chi connectivity index (χ1) is 11.3. The summed E-state index contributed by atoms with van der Waals surface area (Å²) in [6.07, 6.45) is 1.78. The molecule has 2 heteroatoms. The van der Waals surface area contributed by atoms with E-state index < -0.39 is 0 Å². The van der Waals surface area contributed by atoms with Gasteiger partial charge in [-0.15, -0.1) is 0 Å². The van der Waals surface area contributed by atoms with E-state index in [4.69, 9.17) is 0 Å². The fourth-order valence-corrected chi connectivity index (χ4v) is 3.55. The first-order valence-electron chi connectivity index (χ1n) is 7.67. The van der Waals surface area contributed by atoms with Crippen LogP contribution in [0.4, 0.5) is 0 Å². The summed E-state index contributed by atoms with van der Waals surface area (Å²) in [7, 11) is 0. The molecule has 4 aromatic carbocycles. The maximum absolute atomic E-state index is 12.8. The van der Waals surface area contributed by atoms with E-state index in [1.165, 1.54) is 26.9 Å². The van der Waals surface area contributed by atoms with Crippen molar-refractivity contribution in [3.8, 4) is 0 Å². The molecule has 2 nitrogen and oxygen atoms in total. The van der Waals surface area contributed by atoms with Crippen LogP contribution in [0.25, 0.3) is 32.3 Å². The molecule has 1 aromatic heterocycles. The van der Waals surface area contributed by atoms with Gasteiger partial charge in [-0.3, -0.25) is 4.79 Å². The van der Waals surface area contributed by atoms with Crippen molar-refractivity contribution >= 4 is 38.1 Å². The van der Waals surface area contributed by atoms with Crippen LogP contribution in [0.2, 0.25) is 0 Å². The van der Waals surface area contributed by atoms with Crippen molar-refractivity contribution in [2.24, 2.45) is 0 Å². The molecule has 0 atom stereocenters. The van der Waals surface area contributed by atoms with Crippen LogP contribution in [-0.2, 0) is 0 Å². The van der Waals surface area contributed by atoms with Crippen molar-refractivity contribution in [2.75, 3.05) is 0 Å². The third-order valence-electron chi connectivity index (χ3n) is 4.62. The van der Waals surface area contributed by atoms with Gasteiger partial charge in [-0.25, -0.2) is 0 Å². The number of nitrogens with one attached hydrogen (secondary N) is 1. The van der Waals surface area contributed by atoms with Gasteiger partial charge in [0, 0.05) is 11.8 Å². The van der Waals surface area contributed by atoms with Crippen molar-refractivity contribution in [3.63, 3.8) is 0 Å². The van der Waals surface area contributed by atoms with Gasteiger partial charge in [0.05, 0.1) is 5.69 Å². The Labute approximate surface area is 132 Å². The van der Waals surface area contributed by atoms with Crippen molar-refractivity contribution in [1.82, 2.24) is 4.98 Å². The average Bonchev–Trinajstić information content (AvgIpc) is 3.13. The molecule has 0 aliphatic rings. The molecule has 0 radical (unpaired) electrons. The quantitative estimate of drug-likeness (QED) is 0.355. The van der Waals surface area contributed by atoms with Gasteiger partial charge in [0.1, 0.15) is 0 Å². The molecule has 0 amide bonds. The largest absolute Gasteiger partial charge is 0.359 e. The minimum Gasteiger partial charge on any atom is -0.359 e. The molecule has 0 fully saturated rings. The van der Waals surface area contributed by atoms with E-state index in [0.717, 1.165) is 10.9 Å². The predicted octanol–water partition coefficient (Wildman–Crippen LogP) is 5.14. The molecule has 108 valence electrons. The summed E-state index contributed by atoms with van der Waals surface area (Å²) in [6, 6.07) is 22.4. The van der Waals surface area contributed by atoms with E-state index in [1.54, 1.807) is 6.20 Å². The highest BCUT2D eigenvalue weighted by Crippen LogP contribution is 2.36. The zero-order chi connectivity index (χ0) is 15.4. The van der Waals surface area contributed by atoms with E-state index in [1.807, 2.05) is 24.3 Å². The third-order valence-corrected chi connectivity index (χ3v) is 4.62. The zero-order valence-corrected chi connectivity index (χ0v) is 12.3. The van der Waals surface area contributed by atoms with Crippen molar-refractivity contribution in [1.29, 1.82) is 0 Å². The Hall–Kier alpha value is -3.13. The lowest BCUT2D eigenvalue weighted by atomic mass is 9.90. The molecular formula is C21H13NO. The van der Waals surface area contributed by atoms with Crippen LogP contribution in [0.15, 0.2) is 72.9 Å². The Kier molecular flexibility index (Phi) is 2.39. The summed E-state index contributed by atoms with van der Waals surface area (Å²) in [6.45, 7) is 0. The van der Waals surface area contributed by atoms with Crippen LogP contribution in [-0.4, -0.2) is 10.8 Å². The van der Waals surface area contributed by atoms with Crippen LogP contribution >= 0.6 is 0 Å². The molecule has 1 heterocycles. The van der Waals surface area contributed by atoms with Gasteiger partial charge in [0.2, 0.25) is 5.78 Å². The van der Waals surface area contributed by atoms with Crippen LogP contribution in [0, 0.1) is 0 Å². The highest BCUT2D eigenvalue weighted by atomic mass is 16.1. The molecule has 0 aliphatic heterocycles. The Morgan fingerprint density at radius 2 is 1.39 bits per heavy atom. The zero-order valence-electron chi connectivity index (χ0n) is 12.3. The minimum atomic E-state index is 0.0351. The minimum absolute atomic E-state index is 0.0351. The molecule has 0 saturated carbocycles. The number of rotatable bonds is 2. The van der Waals surface area contributed by atoms with Gasteiger partial charge in [-0.1, -0.05) is 48.5 Å². The summed E-state index contributed by atoms with van der Waals surface area (Å²) in [5, 5.41) is 7.04. The molecule has 0 unspecified atom stereocenters. The highest BCUT2D eigenvalue weighted by Gasteiger charge is 2.16. The van der Waals surface area contributed by atoms with Gasteiger partial charge < -0.3 is 4.98 Å². The van der Waals surface area contributed by atoms with Crippen molar-refractivity contribution in [2.45, 2.75) is 0 Å². The molecule has 0 bridgehead atoms. The molecule has 23 heavy (non-hydrogen) atoms. The molecule has 0 aliphatic carbocycles. The second-order valence-corrected chi connectivity index (χ2v) is 5.88. The Bertz CT molecular complexity index is 1150.